The van der Waals surface area contributed by atoms with Gasteiger partial charge in [0.05, 0.1) is 10.7 Å². The summed E-state index contributed by atoms with van der Waals surface area (Å²) in [7, 11) is 0. The van der Waals surface area contributed by atoms with Gasteiger partial charge in [-0.2, -0.15) is 0 Å². The number of benzene rings is 1. The van der Waals surface area contributed by atoms with E-state index < -0.39 is 17.5 Å². The van der Waals surface area contributed by atoms with E-state index in [0.29, 0.717) is 4.47 Å². The third-order valence-electron chi connectivity index (χ3n) is 1.63. The van der Waals surface area contributed by atoms with Crippen LogP contribution in [0, 0.1) is 5.82 Å². The van der Waals surface area contributed by atoms with Crippen molar-refractivity contribution in [3.05, 3.63) is 27.4 Å². The van der Waals surface area contributed by atoms with Crippen LogP contribution in [0.3, 0.4) is 0 Å². The average molecular weight is 325 g/mol. The minimum atomic E-state index is -0.731. The zero-order valence-corrected chi connectivity index (χ0v) is 11.9. The van der Waals surface area contributed by atoms with Crippen LogP contribution in [-0.4, -0.2) is 11.7 Å². The van der Waals surface area contributed by atoms with E-state index in [1.165, 1.54) is 12.1 Å². The Balaban J connectivity index is 2.85. The highest BCUT2D eigenvalue weighted by atomic mass is 79.9. The second-order valence-corrected chi connectivity index (χ2v) is 5.70. The molecule has 0 aliphatic carbocycles. The summed E-state index contributed by atoms with van der Waals surface area (Å²) in [4.78, 5) is 11.4. The fraction of sp³-hybridized carbons (Fsp3) is 0.364. The number of anilines is 1. The molecule has 0 aliphatic rings. The molecule has 1 rings (SSSR count). The van der Waals surface area contributed by atoms with Crippen molar-refractivity contribution in [3.8, 4) is 0 Å². The Kier molecular flexibility index (Phi) is 4.38. The molecule has 0 spiro atoms. The largest absolute Gasteiger partial charge is 0.444 e. The van der Waals surface area contributed by atoms with Gasteiger partial charge in [-0.1, -0.05) is 27.5 Å². The third kappa shape index (κ3) is 4.52. The van der Waals surface area contributed by atoms with Crippen molar-refractivity contribution >= 4 is 39.3 Å². The van der Waals surface area contributed by atoms with Crippen molar-refractivity contribution in [3.63, 3.8) is 0 Å². The number of nitrogens with one attached hydrogen (secondary N) is 1. The lowest BCUT2D eigenvalue weighted by Crippen LogP contribution is -2.27. The van der Waals surface area contributed by atoms with E-state index in [-0.39, 0.29) is 10.7 Å². The smallest absolute Gasteiger partial charge is 0.412 e. The van der Waals surface area contributed by atoms with Crippen LogP contribution in [0.25, 0.3) is 0 Å². The van der Waals surface area contributed by atoms with Gasteiger partial charge in [0.2, 0.25) is 0 Å². The minimum absolute atomic E-state index is 0.0291. The van der Waals surface area contributed by atoms with E-state index in [4.69, 9.17) is 16.3 Å². The lowest BCUT2D eigenvalue weighted by molar-refractivity contribution is 0.0635. The van der Waals surface area contributed by atoms with Crippen molar-refractivity contribution in [2.24, 2.45) is 0 Å². The normalized spacial score (nSPS) is 11.2. The Morgan fingerprint density at radius 1 is 1.47 bits per heavy atom. The second-order valence-electron chi connectivity index (χ2n) is 4.38. The molecule has 0 aromatic heterocycles. The molecule has 0 heterocycles. The van der Waals surface area contributed by atoms with Crippen LogP contribution in [0.15, 0.2) is 16.6 Å². The van der Waals surface area contributed by atoms with Crippen molar-refractivity contribution in [2.75, 3.05) is 5.32 Å². The molecule has 94 valence electrons. The summed E-state index contributed by atoms with van der Waals surface area (Å²) in [6, 6.07) is 2.81. The van der Waals surface area contributed by atoms with Gasteiger partial charge in [0.1, 0.15) is 5.60 Å². The highest BCUT2D eigenvalue weighted by Crippen LogP contribution is 2.28. The monoisotopic (exact) mass is 323 g/mol. The van der Waals surface area contributed by atoms with Gasteiger partial charge in [0.15, 0.2) is 5.82 Å². The first-order chi connectivity index (χ1) is 7.69. The molecule has 3 nitrogen and oxygen atoms in total. The van der Waals surface area contributed by atoms with Gasteiger partial charge in [-0.25, -0.2) is 9.18 Å². The van der Waals surface area contributed by atoms with Gasteiger partial charge in [-0.15, -0.1) is 0 Å². The van der Waals surface area contributed by atoms with Gasteiger partial charge in [-0.3, -0.25) is 5.32 Å². The third-order valence-corrected chi connectivity index (χ3v) is 2.36. The number of carbonyl (C=O) groups is 1. The molecule has 0 bridgehead atoms. The van der Waals surface area contributed by atoms with Gasteiger partial charge in [0, 0.05) is 4.47 Å². The zero-order valence-electron chi connectivity index (χ0n) is 9.61. The lowest BCUT2D eigenvalue weighted by atomic mass is 10.2. The van der Waals surface area contributed by atoms with Gasteiger partial charge >= 0.3 is 6.09 Å². The molecule has 1 aromatic rings. The number of ether oxygens (including phenoxy) is 1. The molecule has 0 saturated heterocycles. The summed E-state index contributed by atoms with van der Waals surface area (Å²) < 4.78 is 19.1. The van der Waals surface area contributed by atoms with Gasteiger partial charge in [0.25, 0.3) is 0 Å². The first-order valence-electron chi connectivity index (χ1n) is 4.83. The first-order valence-corrected chi connectivity index (χ1v) is 6.00. The molecular formula is C11H12BrClFNO2. The average Bonchev–Trinajstić information content (AvgIpc) is 2.10. The standard InChI is InChI=1S/C11H12BrClFNO2/c1-11(2,3)17-10(16)15-8-5-6(12)4-7(13)9(8)14/h4-5H,1-3H3,(H,15,16). The van der Waals surface area contributed by atoms with E-state index in [2.05, 4.69) is 21.2 Å². The highest BCUT2D eigenvalue weighted by molar-refractivity contribution is 9.10. The number of amides is 1. The molecule has 0 radical (unpaired) electrons. The van der Waals surface area contributed by atoms with Crippen LogP contribution >= 0.6 is 27.5 Å². The maximum absolute atomic E-state index is 13.6. The molecule has 0 saturated carbocycles. The predicted molar refractivity (Wildman–Crippen MR) is 69.0 cm³/mol. The number of hydrogen-bond donors (Lipinski definition) is 1. The highest BCUT2D eigenvalue weighted by Gasteiger charge is 2.18. The molecule has 0 fully saturated rings. The van der Waals surface area contributed by atoms with Crippen LogP contribution in [-0.2, 0) is 4.74 Å². The Labute approximate surface area is 112 Å². The summed E-state index contributed by atoms with van der Waals surface area (Å²) >= 11 is 8.79. The van der Waals surface area contributed by atoms with E-state index in [1.807, 2.05) is 0 Å². The Hall–Kier alpha value is -0.810. The maximum Gasteiger partial charge on any atom is 0.412 e. The Morgan fingerprint density at radius 2 is 2.06 bits per heavy atom. The summed E-state index contributed by atoms with van der Waals surface area (Å²) in [5.74, 6) is -0.694. The Morgan fingerprint density at radius 3 is 2.59 bits per heavy atom. The van der Waals surface area contributed by atoms with Crippen LogP contribution in [0.4, 0.5) is 14.9 Å². The van der Waals surface area contributed by atoms with Crippen molar-refractivity contribution < 1.29 is 13.9 Å². The van der Waals surface area contributed by atoms with Gasteiger partial charge in [-0.05, 0) is 32.9 Å². The summed E-state index contributed by atoms with van der Waals surface area (Å²) in [5, 5.41) is 2.22. The number of hydrogen-bond acceptors (Lipinski definition) is 2. The van der Waals surface area contributed by atoms with Gasteiger partial charge < -0.3 is 4.74 Å². The number of halogens is 3. The second kappa shape index (κ2) is 5.23. The van der Waals surface area contributed by atoms with Crippen LogP contribution in [0.2, 0.25) is 5.02 Å². The predicted octanol–water partition coefficient (Wildman–Crippen LogP) is 4.59. The molecule has 1 N–H and O–H groups in total. The molecule has 0 aliphatic heterocycles. The molecule has 1 aromatic carbocycles. The summed E-state index contributed by atoms with van der Waals surface area (Å²) in [5.41, 5.74) is -0.672. The van der Waals surface area contributed by atoms with Crippen LogP contribution < -0.4 is 5.32 Å². The SMILES string of the molecule is CC(C)(C)OC(=O)Nc1cc(Br)cc(Cl)c1F. The van der Waals surface area contributed by atoms with Crippen LogP contribution in [0.1, 0.15) is 20.8 Å². The Bertz CT molecular complexity index is 446. The van der Waals surface area contributed by atoms with E-state index in [9.17, 15) is 9.18 Å². The fourth-order valence-corrected chi connectivity index (χ4v) is 1.87. The van der Waals surface area contributed by atoms with E-state index >= 15 is 0 Å². The molecule has 0 atom stereocenters. The molecular weight excluding hydrogens is 312 g/mol. The van der Waals surface area contributed by atoms with Crippen molar-refractivity contribution in [2.45, 2.75) is 26.4 Å². The number of rotatable bonds is 1. The minimum Gasteiger partial charge on any atom is -0.444 e. The quantitative estimate of drug-likeness (QED) is 0.767. The van der Waals surface area contributed by atoms with E-state index in [0.717, 1.165) is 0 Å². The first kappa shape index (κ1) is 14.3. The summed E-state index contributed by atoms with van der Waals surface area (Å²) in [6.45, 7) is 5.16. The molecule has 1 amide bonds. The molecule has 17 heavy (non-hydrogen) atoms. The molecule has 6 heteroatoms. The topological polar surface area (TPSA) is 38.3 Å². The van der Waals surface area contributed by atoms with Crippen LogP contribution in [0.5, 0.6) is 0 Å². The maximum atomic E-state index is 13.6. The fourth-order valence-electron chi connectivity index (χ4n) is 1.06. The molecule has 0 unspecified atom stereocenters. The lowest BCUT2D eigenvalue weighted by Gasteiger charge is -2.20. The van der Waals surface area contributed by atoms with Crippen molar-refractivity contribution in [1.82, 2.24) is 0 Å². The van der Waals surface area contributed by atoms with E-state index in [1.54, 1.807) is 20.8 Å². The van der Waals surface area contributed by atoms with Crippen molar-refractivity contribution in [1.29, 1.82) is 0 Å². The zero-order chi connectivity index (χ0) is 13.2. The number of carbonyl (C=O) groups excluding carboxylic acids is 1. The summed E-state index contributed by atoms with van der Waals surface area (Å²) in [6.07, 6.45) is -0.731.